The predicted octanol–water partition coefficient (Wildman–Crippen LogP) is 6.76. The van der Waals surface area contributed by atoms with Gasteiger partial charge >= 0.3 is 0 Å². The fourth-order valence-corrected chi connectivity index (χ4v) is 6.70. The molecule has 5 rings (SSSR count). The molecule has 3 heterocycles. The number of aliphatic hydroxyl groups is 1. The average Bonchev–Trinajstić information content (AvgIpc) is 3.44. The van der Waals surface area contributed by atoms with Gasteiger partial charge < -0.3 is 15.0 Å². The molecule has 0 aliphatic carbocycles. The average molecular weight is 604 g/mol. The fraction of sp³-hybridized carbons (Fsp3) is 0.182. The smallest absolute Gasteiger partial charge is 0.197 e. The van der Waals surface area contributed by atoms with Crippen LogP contribution in [0.5, 0.6) is 0 Å². The van der Waals surface area contributed by atoms with E-state index in [1.165, 1.54) is 12.1 Å². The first-order valence-corrected chi connectivity index (χ1v) is 15.6. The number of hydrogen-bond acceptors (Lipinski definition) is 5. The summed E-state index contributed by atoms with van der Waals surface area (Å²) >= 11 is 6.12. The molecule has 2 N–H and O–H groups in total. The van der Waals surface area contributed by atoms with Crippen LogP contribution in [0.1, 0.15) is 23.1 Å². The Bertz CT molecular complexity index is 1750. The van der Waals surface area contributed by atoms with Gasteiger partial charge in [-0.3, -0.25) is 4.98 Å². The highest BCUT2D eigenvalue weighted by Gasteiger charge is 2.26. The highest BCUT2D eigenvalue weighted by atomic mass is 35.5. The van der Waals surface area contributed by atoms with Crippen LogP contribution >= 0.6 is 11.6 Å². The number of benzene rings is 2. The molecule has 1 aliphatic rings. The Hall–Kier alpha value is -3.98. The number of H-pyrrole nitrogens is 1. The fourth-order valence-electron chi connectivity index (χ4n) is 5.16. The molecular weight excluding hydrogens is 573 g/mol. The lowest BCUT2D eigenvalue weighted by Gasteiger charge is -2.30. The van der Waals surface area contributed by atoms with Crippen LogP contribution in [-0.4, -0.2) is 53.8 Å². The lowest BCUT2D eigenvalue weighted by atomic mass is 9.92. The van der Waals surface area contributed by atoms with Gasteiger partial charge in [0.2, 0.25) is 0 Å². The van der Waals surface area contributed by atoms with Crippen LogP contribution in [-0.2, 0) is 16.3 Å². The van der Waals surface area contributed by atoms with E-state index >= 15 is 0 Å². The van der Waals surface area contributed by atoms with Crippen molar-refractivity contribution in [2.45, 2.75) is 12.8 Å². The first kappa shape index (κ1) is 29.5. The van der Waals surface area contributed by atoms with Gasteiger partial charge in [0.1, 0.15) is 10.8 Å². The Morgan fingerprint density at radius 2 is 1.88 bits per heavy atom. The van der Waals surface area contributed by atoms with Gasteiger partial charge in [0.05, 0.1) is 16.5 Å². The lowest BCUT2D eigenvalue weighted by molar-refractivity contribution is 0.299. The SMILES string of the molecule is C=CCS(=O)(=O)C(=Cc1ccc(CCO)cc1)N1CC=C(c2c[nH]c(-c3ccc(F)c(Cl)c3)c2-c2ccncc2)CC1. The van der Waals surface area contributed by atoms with Crippen molar-refractivity contribution in [3.8, 4) is 22.4 Å². The molecule has 0 unspecified atom stereocenters. The molecule has 0 saturated carbocycles. The Morgan fingerprint density at radius 1 is 1.12 bits per heavy atom. The number of aromatic amines is 1. The second kappa shape index (κ2) is 12.9. The molecule has 216 valence electrons. The van der Waals surface area contributed by atoms with Gasteiger partial charge in [-0.25, -0.2) is 12.8 Å². The second-order valence-corrected chi connectivity index (χ2v) is 12.4. The molecule has 2 aromatic heterocycles. The molecular formula is C33H31ClFN3O3S. The van der Waals surface area contributed by atoms with Crippen molar-refractivity contribution in [3.05, 3.63) is 124 Å². The third-order valence-electron chi connectivity index (χ3n) is 7.25. The van der Waals surface area contributed by atoms with E-state index in [1.54, 1.807) is 30.6 Å². The van der Waals surface area contributed by atoms with Crippen LogP contribution in [0.4, 0.5) is 4.39 Å². The van der Waals surface area contributed by atoms with E-state index in [-0.39, 0.29) is 22.4 Å². The zero-order chi connectivity index (χ0) is 29.7. The molecule has 1 aliphatic heterocycles. The second-order valence-electron chi connectivity index (χ2n) is 10.0. The van der Waals surface area contributed by atoms with Crippen molar-refractivity contribution >= 4 is 33.1 Å². The van der Waals surface area contributed by atoms with Crippen LogP contribution in [0.2, 0.25) is 5.02 Å². The molecule has 4 aromatic rings. The molecule has 6 nitrogen and oxygen atoms in total. The van der Waals surface area contributed by atoms with Crippen molar-refractivity contribution in [2.75, 3.05) is 25.4 Å². The van der Waals surface area contributed by atoms with E-state index in [1.807, 2.05) is 47.5 Å². The number of sulfone groups is 1. The van der Waals surface area contributed by atoms with Crippen LogP contribution in [0.25, 0.3) is 34.0 Å². The summed E-state index contributed by atoms with van der Waals surface area (Å²) in [5.74, 6) is -0.647. The van der Waals surface area contributed by atoms with Crippen molar-refractivity contribution in [3.63, 3.8) is 0 Å². The van der Waals surface area contributed by atoms with Crippen molar-refractivity contribution in [2.24, 2.45) is 0 Å². The molecule has 0 radical (unpaired) electrons. The monoisotopic (exact) mass is 603 g/mol. The van der Waals surface area contributed by atoms with Gasteiger partial charge in [0.25, 0.3) is 0 Å². The number of nitrogens with one attached hydrogen (secondary N) is 1. The van der Waals surface area contributed by atoms with Gasteiger partial charge in [-0.05, 0) is 71.5 Å². The zero-order valence-electron chi connectivity index (χ0n) is 22.9. The van der Waals surface area contributed by atoms with E-state index in [0.717, 1.165) is 44.6 Å². The Morgan fingerprint density at radius 3 is 2.52 bits per heavy atom. The third-order valence-corrected chi connectivity index (χ3v) is 9.23. The third kappa shape index (κ3) is 6.41. The number of nitrogens with zero attached hydrogens (tertiary/aromatic N) is 2. The van der Waals surface area contributed by atoms with Gasteiger partial charge in [-0.15, -0.1) is 6.58 Å². The van der Waals surface area contributed by atoms with Crippen molar-refractivity contribution < 1.29 is 17.9 Å². The largest absolute Gasteiger partial charge is 0.396 e. The minimum Gasteiger partial charge on any atom is -0.396 e. The van der Waals surface area contributed by atoms with Gasteiger partial charge in [-0.1, -0.05) is 48.0 Å². The lowest BCUT2D eigenvalue weighted by Crippen LogP contribution is -2.32. The van der Waals surface area contributed by atoms with Gasteiger partial charge in [0.15, 0.2) is 9.84 Å². The van der Waals surface area contributed by atoms with E-state index in [4.69, 9.17) is 11.6 Å². The first-order valence-electron chi connectivity index (χ1n) is 13.6. The first-order chi connectivity index (χ1) is 20.3. The predicted molar refractivity (Wildman–Crippen MR) is 168 cm³/mol. The summed E-state index contributed by atoms with van der Waals surface area (Å²) in [5.41, 5.74) is 7.25. The van der Waals surface area contributed by atoms with Crippen molar-refractivity contribution in [1.29, 1.82) is 0 Å². The van der Waals surface area contributed by atoms with E-state index in [0.29, 0.717) is 25.9 Å². The maximum absolute atomic E-state index is 13.9. The number of hydrogen-bond donors (Lipinski definition) is 2. The van der Waals surface area contributed by atoms with Crippen LogP contribution < -0.4 is 0 Å². The summed E-state index contributed by atoms with van der Waals surface area (Å²) in [6.45, 7) is 4.59. The molecule has 0 fully saturated rings. The Labute approximate surface area is 250 Å². The molecule has 0 spiro atoms. The van der Waals surface area contributed by atoms with Crippen LogP contribution in [0.15, 0.2) is 96.9 Å². The molecule has 42 heavy (non-hydrogen) atoms. The van der Waals surface area contributed by atoms with E-state index in [2.05, 4.69) is 22.6 Å². The summed E-state index contributed by atoms with van der Waals surface area (Å²) in [4.78, 5) is 9.40. The maximum atomic E-state index is 13.9. The number of rotatable bonds is 10. The highest BCUT2D eigenvalue weighted by Crippen LogP contribution is 2.40. The minimum absolute atomic E-state index is 0.0416. The van der Waals surface area contributed by atoms with Gasteiger partial charge in [-0.2, -0.15) is 0 Å². The molecule has 0 amide bonds. The van der Waals surface area contributed by atoms with E-state index in [9.17, 15) is 17.9 Å². The zero-order valence-corrected chi connectivity index (χ0v) is 24.5. The van der Waals surface area contributed by atoms with Crippen LogP contribution in [0.3, 0.4) is 0 Å². The molecule has 0 bridgehead atoms. The number of halogens is 2. The minimum atomic E-state index is -3.62. The summed E-state index contributed by atoms with van der Waals surface area (Å²) < 4.78 is 40.6. The molecule has 0 atom stereocenters. The number of aromatic nitrogens is 2. The highest BCUT2D eigenvalue weighted by molar-refractivity contribution is 7.95. The Balaban J connectivity index is 1.51. The van der Waals surface area contributed by atoms with Crippen LogP contribution in [0, 0.1) is 5.82 Å². The summed E-state index contributed by atoms with van der Waals surface area (Å²) in [5, 5.41) is 9.49. The summed E-state index contributed by atoms with van der Waals surface area (Å²) in [6, 6.07) is 16.0. The topological polar surface area (TPSA) is 86.3 Å². The summed E-state index contributed by atoms with van der Waals surface area (Å²) in [7, 11) is -3.62. The molecule has 9 heteroatoms. The molecule has 2 aromatic carbocycles. The number of aliphatic hydroxyl groups excluding tert-OH is 1. The summed E-state index contributed by atoms with van der Waals surface area (Å²) in [6.07, 6.45) is 11.7. The Kier molecular flexibility index (Phi) is 9.06. The quantitative estimate of drug-likeness (QED) is 0.196. The van der Waals surface area contributed by atoms with Crippen molar-refractivity contribution in [1.82, 2.24) is 14.9 Å². The standard InChI is InChI=1S/C33H31ClFN3O3S/c1-2-19-42(40,41)31(20-24-5-3-23(4-6-24)13-18-39)38-16-11-25(12-17-38)28-22-37-33(27-7-8-30(35)29(34)21-27)32(28)26-9-14-36-15-10-26/h2-11,14-15,20-22,37,39H,1,12-13,16-19H2. The normalized spacial score (nSPS) is 14.1. The molecule has 0 saturated heterocycles. The maximum Gasteiger partial charge on any atom is 0.197 e. The van der Waals surface area contributed by atoms with E-state index < -0.39 is 15.7 Å². The van der Waals surface area contributed by atoms with Gasteiger partial charge in [0, 0.05) is 55.0 Å². The number of pyridine rings is 1.